The highest BCUT2D eigenvalue weighted by atomic mass is 16.5. The second-order valence-electron chi connectivity index (χ2n) is 6.55. The van der Waals surface area contributed by atoms with E-state index in [-0.39, 0.29) is 18.5 Å². The molecule has 0 aliphatic rings. The van der Waals surface area contributed by atoms with Gasteiger partial charge in [-0.25, -0.2) is 0 Å². The van der Waals surface area contributed by atoms with Gasteiger partial charge in [-0.2, -0.15) is 0 Å². The second-order valence-corrected chi connectivity index (χ2v) is 6.55. The molecule has 1 atom stereocenters. The van der Waals surface area contributed by atoms with E-state index in [2.05, 4.69) is 6.92 Å². The van der Waals surface area contributed by atoms with E-state index in [9.17, 15) is 9.59 Å². The average Bonchev–Trinajstić information content (AvgIpc) is 2.61. The van der Waals surface area contributed by atoms with Crippen molar-refractivity contribution in [3.05, 3.63) is 35.9 Å². The number of esters is 1. The molecular formula is C21H32O4. The largest absolute Gasteiger partial charge is 0.481 e. The summed E-state index contributed by atoms with van der Waals surface area (Å²) in [7, 11) is 0. The number of carbonyl (C=O) groups excluding carboxylic acids is 1. The Hall–Kier alpha value is -1.84. The maximum Gasteiger partial charge on any atom is 0.306 e. The molecule has 0 heterocycles. The van der Waals surface area contributed by atoms with Crippen molar-refractivity contribution >= 4 is 11.9 Å². The van der Waals surface area contributed by atoms with Crippen LogP contribution in [0.5, 0.6) is 0 Å². The van der Waals surface area contributed by atoms with Crippen LogP contribution in [0.2, 0.25) is 0 Å². The number of carboxylic acids is 1. The quantitative estimate of drug-likeness (QED) is 0.348. The van der Waals surface area contributed by atoms with Crippen molar-refractivity contribution in [2.24, 2.45) is 0 Å². The Balaban J connectivity index is 2.21. The Morgan fingerprint density at radius 1 is 0.920 bits per heavy atom. The van der Waals surface area contributed by atoms with Crippen LogP contribution in [0.15, 0.2) is 30.3 Å². The van der Waals surface area contributed by atoms with Crippen molar-refractivity contribution in [1.29, 1.82) is 0 Å². The number of carboxylic acid groups (broad SMARTS) is 1. The van der Waals surface area contributed by atoms with Crippen LogP contribution >= 0.6 is 0 Å². The Morgan fingerprint density at radius 3 is 2.12 bits per heavy atom. The summed E-state index contributed by atoms with van der Waals surface area (Å²) in [5.74, 6) is -0.838. The molecule has 1 unspecified atom stereocenters. The number of rotatable bonds is 14. The Morgan fingerprint density at radius 2 is 1.52 bits per heavy atom. The lowest BCUT2D eigenvalue weighted by Gasteiger charge is -2.18. The number of hydrogen-bond acceptors (Lipinski definition) is 3. The van der Waals surface area contributed by atoms with Crippen LogP contribution in [-0.4, -0.2) is 17.0 Å². The predicted molar refractivity (Wildman–Crippen MR) is 99.4 cm³/mol. The summed E-state index contributed by atoms with van der Waals surface area (Å²) in [5.41, 5.74) is 1.07. The van der Waals surface area contributed by atoms with Crippen molar-refractivity contribution in [1.82, 2.24) is 0 Å². The minimum atomic E-state index is -0.723. The third-order valence-electron chi connectivity index (χ3n) is 4.29. The van der Waals surface area contributed by atoms with Gasteiger partial charge in [-0.1, -0.05) is 69.4 Å². The van der Waals surface area contributed by atoms with Gasteiger partial charge in [0, 0.05) is 12.8 Å². The van der Waals surface area contributed by atoms with Crippen molar-refractivity contribution in [3.63, 3.8) is 0 Å². The zero-order valence-electron chi connectivity index (χ0n) is 15.4. The van der Waals surface area contributed by atoms with Crippen LogP contribution in [0.4, 0.5) is 0 Å². The van der Waals surface area contributed by atoms with Crippen LogP contribution in [-0.2, 0) is 14.3 Å². The Bertz CT molecular complexity index is 484. The summed E-state index contributed by atoms with van der Waals surface area (Å²) < 4.78 is 5.71. The first-order valence-corrected chi connectivity index (χ1v) is 9.59. The van der Waals surface area contributed by atoms with E-state index in [1.165, 1.54) is 0 Å². The molecule has 1 N–H and O–H groups in total. The lowest BCUT2D eigenvalue weighted by molar-refractivity contribution is -0.150. The molecule has 0 amide bonds. The maximum absolute atomic E-state index is 12.1. The van der Waals surface area contributed by atoms with Crippen LogP contribution in [0.25, 0.3) is 0 Å². The molecule has 1 aromatic carbocycles. The zero-order chi connectivity index (χ0) is 18.3. The van der Waals surface area contributed by atoms with Crippen molar-refractivity contribution in [2.75, 3.05) is 0 Å². The number of aliphatic carboxylic acids is 1. The summed E-state index contributed by atoms with van der Waals surface area (Å²) in [6, 6.07) is 9.97. The van der Waals surface area contributed by atoms with Gasteiger partial charge in [0.25, 0.3) is 0 Å². The minimum Gasteiger partial charge on any atom is -0.481 e. The first kappa shape index (κ1) is 21.2. The van der Waals surface area contributed by atoms with Gasteiger partial charge < -0.3 is 9.84 Å². The number of carbonyl (C=O) groups is 2. The first-order chi connectivity index (χ1) is 12.1. The molecule has 4 heteroatoms. The molecule has 140 valence electrons. The highest BCUT2D eigenvalue weighted by Crippen LogP contribution is 2.24. The normalized spacial score (nSPS) is 11.9. The molecule has 0 saturated carbocycles. The van der Waals surface area contributed by atoms with Gasteiger partial charge in [-0.3, -0.25) is 9.59 Å². The van der Waals surface area contributed by atoms with Gasteiger partial charge >= 0.3 is 11.9 Å². The molecule has 25 heavy (non-hydrogen) atoms. The van der Waals surface area contributed by atoms with E-state index >= 15 is 0 Å². The minimum absolute atomic E-state index is 0.115. The molecule has 0 saturated heterocycles. The van der Waals surface area contributed by atoms with Crippen LogP contribution in [0, 0.1) is 0 Å². The maximum atomic E-state index is 12.1. The topological polar surface area (TPSA) is 63.6 Å². The van der Waals surface area contributed by atoms with Gasteiger partial charge in [0.1, 0.15) is 6.10 Å². The number of benzene rings is 1. The lowest BCUT2D eigenvalue weighted by Crippen LogP contribution is -2.11. The summed E-state index contributed by atoms with van der Waals surface area (Å²) in [5, 5.41) is 8.57. The van der Waals surface area contributed by atoms with Crippen molar-refractivity contribution in [3.8, 4) is 0 Å². The van der Waals surface area contributed by atoms with Crippen LogP contribution < -0.4 is 0 Å². The zero-order valence-corrected chi connectivity index (χ0v) is 15.4. The Labute approximate surface area is 151 Å². The number of unbranched alkanes of at least 4 members (excludes halogenated alkanes) is 6. The molecule has 0 fully saturated rings. The monoisotopic (exact) mass is 348 g/mol. The molecule has 1 rings (SSSR count). The predicted octanol–water partition coefficient (Wildman–Crippen LogP) is 5.67. The lowest BCUT2D eigenvalue weighted by atomic mass is 10.0. The van der Waals surface area contributed by atoms with Gasteiger partial charge in [-0.05, 0) is 31.2 Å². The summed E-state index contributed by atoms with van der Waals surface area (Å²) >= 11 is 0. The van der Waals surface area contributed by atoms with Crippen LogP contribution in [0.1, 0.15) is 89.2 Å². The fourth-order valence-corrected chi connectivity index (χ4v) is 2.82. The number of hydrogen-bond donors (Lipinski definition) is 1. The summed E-state index contributed by atoms with van der Waals surface area (Å²) in [6.07, 6.45) is 9.19. The molecular weight excluding hydrogens is 316 g/mol. The molecule has 0 aliphatic carbocycles. The fourth-order valence-electron chi connectivity index (χ4n) is 2.82. The molecule has 0 bridgehead atoms. The molecule has 0 spiro atoms. The van der Waals surface area contributed by atoms with Crippen LogP contribution in [0.3, 0.4) is 0 Å². The smallest absolute Gasteiger partial charge is 0.306 e. The molecule has 4 nitrogen and oxygen atoms in total. The van der Waals surface area contributed by atoms with Gasteiger partial charge in [0.05, 0.1) is 0 Å². The molecule has 1 aromatic rings. The van der Waals surface area contributed by atoms with E-state index in [0.717, 1.165) is 63.4 Å². The van der Waals surface area contributed by atoms with E-state index in [0.29, 0.717) is 6.42 Å². The van der Waals surface area contributed by atoms with Gasteiger partial charge in [-0.15, -0.1) is 0 Å². The third kappa shape index (κ3) is 10.6. The van der Waals surface area contributed by atoms with Gasteiger partial charge in [0.15, 0.2) is 0 Å². The van der Waals surface area contributed by atoms with E-state index in [1.807, 2.05) is 30.3 Å². The number of ether oxygens (including phenoxy) is 1. The second kappa shape index (κ2) is 13.5. The SMILES string of the molecule is CCCCC(OC(=O)CCCCCCCCC(=O)O)c1ccccc1. The van der Waals surface area contributed by atoms with E-state index < -0.39 is 5.97 Å². The molecule has 0 radical (unpaired) electrons. The Kier molecular flexibility index (Phi) is 11.4. The van der Waals surface area contributed by atoms with E-state index in [1.54, 1.807) is 0 Å². The first-order valence-electron chi connectivity index (χ1n) is 9.59. The van der Waals surface area contributed by atoms with Gasteiger partial charge in [0.2, 0.25) is 0 Å². The van der Waals surface area contributed by atoms with E-state index in [4.69, 9.17) is 9.84 Å². The molecule has 0 aromatic heterocycles. The average molecular weight is 348 g/mol. The highest BCUT2D eigenvalue weighted by molar-refractivity contribution is 5.69. The summed E-state index contributed by atoms with van der Waals surface area (Å²) in [4.78, 5) is 22.5. The van der Waals surface area contributed by atoms with Crippen molar-refractivity contribution in [2.45, 2.75) is 83.7 Å². The molecule has 0 aliphatic heterocycles. The van der Waals surface area contributed by atoms with Crippen molar-refractivity contribution < 1.29 is 19.4 Å². The summed E-state index contributed by atoms with van der Waals surface area (Å²) in [6.45, 7) is 2.14. The third-order valence-corrected chi connectivity index (χ3v) is 4.29. The fraction of sp³-hybridized carbons (Fsp3) is 0.619. The highest BCUT2D eigenvalue weighted by Gasteiger charge is 2.15. The standard InChI is InChI=1S/C21H32O4/c1-2-3-15-19(18-13-9-8-10-14-18)25-21(24)17-12-7-5-4-6-11-16-20(22)23/h8-10,13-14,19H,2-7,11-12,15-17H2,1H3,(H,22,23).